The van der Waals surface area contributed by atoms with Crippen molar-refractivity contribution >= 4 is 15.9 Å². The number of benzene rings is 1. The van der Waals surface area contributed by atoms with Crippen molar-refractivity contribution < 1.29 is 17.9 Å². The van der Waals surface area contributed by atoms with Gasteiger partial charge in [-0.3, -0.25) is 4.79 Å². The minimum Gasteiger partial charge on any atom is -0.376 e. The Morgan fingerprint density at radius 3 is 2.72 bits per heavy atom. The van der Waals surface area contributed by atoms with Gasteiger partial charge in [0.2, 0.25) is 10.0 Å². The average molecular weight is 366 g/mol. The van der Waals surface area contributed by atoms with E-state index in [1.807, 2.05) is 0 Å². The highest BCUT2D eigenvalue weighted by atomic mass is 32.2. The summed E-state index contributed by atoms with van der Waals surface area (Å²) in [7, 11) is -0.583. The second kappa shape index (κ2) is 7.43. The summed E-state index contributed by atoms with van der Waals surface area (Å²) in [4.78, 5) is 14.7. The Kier molecular flexibility index (Phi) is 5.46. The molecule has 1 aliphatic carbocycles. The molecule has 1 saturated carbocycles. The van der Waals surface area contributed by atoms with Crippen LogP contribution in [0.3, 0.4) is 0 Å². The molecule has 0 spiro atoms. The molecule has 1 heterocycles. The highest BCUT2D eigenvalue weighted by molar-refractivity contribution is 7.89. The number of rotatable bonds is 6. The molecule has 3 rings (SSSR count). The molecule has 138 valence electrons. The summed E-state index contributed by atoms with van der Waals surface area (Å²) in [6, 6.07) is 6.27. The zero-order chi connectivity index (χ0) is 18.0. The third-order valence-electron chi connectivity index (χ3n) is 4.79. The molecule has 1 atom stereocenters. The van der Waals surface area contributed by atoms with Crippen LogP contribution in [0.25, 0.3) is 0 Å². The number of ether oxygens (including phenoxy) is 1. The van der Waals surface area contributed by atoms with Gasteiger partial charge in [-0.1, -0.05) is 6.07 Å². The van der Waals surface area contributed by atoms with E-state index in [1.54, 1.807) is 17.0 Å². The smallest absolute Gasteiger partial charge is 0.253 e. The molecule has 1 aromatic carbocycles. The Labute approximate surface area is 149 Å². The van der Waals surface area contributed by atoms with Crippen LogP contribution in [-0.4, -0.2) is 63.4 Å². The van der Waals surface area contributed by atoms with E-state index in [-0.39, 0.29) is 16.9 Å². The Morgan fingerprint density at radius 1 is 1.28 bits per heavy atom. The molecule has 1 amide bonds. The van der Waals surface area contributed by atoms with Crippen LogP contribution in [-0.2, 0) is 14.8 Å². The Hall–Kier alpha value is -1.44. The van der Waals surface area contributed by atoms with E-state index >= 15 is 0 Å². The third-order valence-corrected chi connectivity index (χ3v) is 6.60. The van der Waals surface area contributed by atoms with Crippen LogP contribution in [0.1, 0.15) is 36.0 Å². The van der Waals surface area contributed by atoms with Gasteiger partial charge in [-0.15, -0.1) is 0 Å². The first-order valence-electron chi connectivity index (χ1n) is 8.81. The summed E-state index contributed by atoms with van der Waals surface area (Å²) >= 11 is 0. The zero-order valence-electron chi connectivity index (χ0n) is 14.8. The van der Waals surface area contributed by atoms with E-state index in [0.717, 1.165) is 23.8 Å². The van der Waals surface area contributed by atoms with Crippen molar-refractivity contribution in [3.05, 3.63) is 29.8 Å². The first-order chi connectivity index (χ1) is 11.9. The second-order valence-electron chi connectivity index (χ2n) is 7.11. The topological polar surface area (TPSA) is 66.9 Å². The van der Waals surface area contributed by atoms with Gasteiger partial charge in [0.25, 0.3) is 5.91 Å². The van der Waals surface area contributed by atoms with Crippen molar-refractivity contribution in [3.8, 4) is 0 Å². The van der Waals surface area contributed by atoms with Crippen LogP contribution < -0.4 is 0 Å². The van der Waals surface area contributed by atoms with Gasteiger partial charge >= 0.3 is 0 Å². The van der Waals surface area contributed by atoms with Gasteiger partial charge < -0.3 is 9.64 Å². The SMILES string of the molecule is CN(C)S(=O)(=O)c1cccc(C(=O)N2CCCC(OCC3CC3)C2)c1. The Balaban J connectivity index is 1.69. The quantitative estimate of drug-likeness (QED) is 0.772. The lowest BCUT2D eigenvalue weighted by Crippen LogP contribution is -2.43. The second-order valence-corrected chi connectivity index (χ2v) is 9.26. The predicted octanol–water partition coefficient (Wildman–Crippen LogP) is 1.97. The van der Waals surface area contributed by atoms with Crippen LogP contribution in [0.15, 0.2) is 29.2 Å². The predicted molar refractivity (Wildman–Crippen MR) is 94.9 cm³/mol. The number of hydrogen-bond acceptors (Lipinski definition) is 4. The molecule has 2 fully saturated rings. The fraction of sp³-hybridized carbons (Fsp3) is 0.611. The number of carbonyl (C=O) groups excluding carboxylic acids is 1. The minimum atomic E-state index is -3.55. The van der Waals surface area contributed by atoms with E-state index < -0.39 is 10.0 Å². The van der Waals surface area contributed by atoms with Gasteiger partial charge in [0.1, 0.15) is 0 Å². The minimum absolute atomic E-state index is 0.0898. The lowest BCUT2D eigenvalue weighted by molar-refractivity contribution is -0.00243. The zero-order valence-corrected chi connectivity index (χ0v) is 15.7. The molecule has 25 heavy (non-hydrogen) atoms. The summed E-state index contributed by atoms with van der Waals surface area (Å²) in [5.41, 5.74) is 0.408. The maximum absolute atomic E-state index is 12.8. The lowest BCUT2D eigenvalue weighted by atomic mass is 10.1. The first kappa shape index (κ1) is 18.4. The van der Waals surface area contributed by atoms with Crippen LogP contribution in [0.5, 0.6) is 0 Å². The van der Waals surface area contributed by atoms with Gasteiger partial charge in [0.05, 0.1) is 11.0 Å². The number of likely N-dealkylation sites (tertiary alicyclic amines) is 1. The molecule has 2 aliphatic rings. The van der Waals surface area contributed by atoms with Gasteiger partial charge in [-0.2, -0.15) is 0 Å². The molecular formula is C18H26N2O4S. The standard InChI is InChI=1S/C18H26N2O4S/c1-19(2)25(22,23)17-7-3-5-15(11-17)18(21)20-10-4-6-16(12-20)24-13-14-8-9-14/h3,5,7,11,14,16H,4,6,8-10,12-13H2,1-2H3. The van der Waals surface area contributed by atoms with Gasteiger partial charge in [0, 0.05) is 39.4 Å². The lowest BCUT2D eigenvalue weighted by Gasteiger charge is -2.33. The molecule has 0 bridgehead atoms. The average Bonchev–Trinajstić information content (AvgIpc) is 3.44. The largest absolute Gasteiger partial charge is 0.376 e. The van der Waals surface area contributed by atoms with E-state index in [2.05, 4.69) is 0 Å². The van der Waals surface area contributed by atoms with Gasteiger partial charge in [0.15, 0.2) is 0 Å². The summed E-state index contributed by atoms with van der Waals surface area (Å²) in [5.74, 6) is 0.578. The molecular weight excluding hydrogens is 340 g/mol. The molecule has 1 saturated heterocycles. The number of hydrogen-bond donors (Lipinski definition) is 0. The van der Waals surface area contributed by atoms with Gasteiger partial charge in [-0.25, -0.2) is 12.7 Å². The van der Waals surface area contributed by atoms with E-state index in [4.69, 9.17) is 4.74 Å². The van der Waals surface area contributed by atoms with Crippen molar-refractivity contribution in [2.75, 3.05) is 33.8 Å². The monoisotopic (exact) mass is 366 g/mol. The Bertz CT molecular complexity index is 728. The molecule has 7 heteroatoms. The van der Waals surface area contributed by atoms with Crippen LogP contribution in [0, 0.1) is 5.92 Å². The van der Waals surface area contributed by atoms with Crippen molar-refractivity contribution in [3.63, 3.8) is 0 Å². The number of amides is 1. The van der Waals surface area contributed by atoms with E-state index in [0.29, 0.717) is 24.6 Å². The normalized spacial score (nSPS) is 21.6. The van der Waals surface area contributed by atoms with E-state index in [1.165, 1.54) is 39.1 Å². The summed E-state index contributed by atoms with van der Waals surface area (Å²) in [6.45, 7) is 2.06. The van der Waals surface area contributed by atoms with Crippen LogP contribution in [0.4, 0.5) is 0 Å². The molecule has 1 aliphatic heterocycles. The molecule has 6 nitrogen and oxygen atoms in total. The molecule has 0 aromatic heterocycles. The molecule has 0 N–H and O–H groups in total. The highest BCUT2D eigenvalue weighted by Crippen LogP contribution is 2.30. The number of nitrogens with zero attached hydrogens (tertiary/aromatic N) is 2. The number of sulfonamides is 1. The highest BCUT2D eigenvalue weighted by Gasteiger charge is 2.28. The summed E-state index contributed by atoms with van der Waals surface area (Å²) in [5, 5.41) is 0. The van der Waals surface area contributed by atoms with E-state index in [9.17, 15) is 13.2 Å². The number of piperidine rings is 1. The maximum atomic E-state index is 12.8. The fourth-order valence-electron chi connectivity index (χ4n) is 3.00. The van der Waals surface area contributed by atoms with Crippen LogP contribution >= 0.6 is 0 Å². The number of carbonyl (C=O) groups is 1. The van der Waals surface area contributed by atoms with Crippen molar-refractivity contribution in [1.29, 1.82) is 0 Å². The fourth-order valence-corrected chi connectivity index (χ4v) is 3.95. The summed E-state index contributed by atoms with van der Waals surface area (Å²) < 4.78 is 31.6. The van der Waals surface area contributed by atoms with Gasteiger partial charge in [-0.05, 0) is 49.8 Å². The molecule has 1 aromatic rings. The third kappa shape index (κ3) is 4.40. The van der Waals surface area contributed by atoms with Crippen molar-refractivity contribution in [2.45, 2.75) is 36.7 Å². The van der Waals surface area contributed by atoms with Crippen molar-refractivity contribution in [2.24, 2.45) is 5.92 Å². The molecule has 1 unspecified atom stereocenters. The van der Waals surface area contributed by atoms with Crippen LogP contribution in [0.2, 0.25) is 0 Å². The summed E-state index contributed by atoms with van der Waals surface area (Å²) in [6.07, 6.45) is 4.49. The first-order valence-corrected chi connectivity index (χ1v) is 10.3. The molecule has 0 radical (unpaired) electrons. The Morgan fingerprint density at radius 2 is 2.04 bits per heavy atom. The van der Waals surface area contributed by atoms with Crippen molar-refractivity contribution in [1.82, 2.24) is 9.21 Å². The maximum Gasteiger partial charge on any atom is 0.253 e.